The lowest BCUT2D eigenvalue weighted by Crippen LogP contribution is -2.30. The van der Waals surface area contributed by atoms with E-state index in [9.17, 15) is 4.79 Å². The van der Waals surface area contributed by atoms with Crippen molar-refractivity contribution in [3.8, 4) is 5.75 Å². The molecule has 1 N–H and O–H groups in total. The van der Waals surface area contributed by atoms with Gasteiger partial charge in [0.25, 0.3) is 5.91 Å². The second-order valence-corrected chi connectivity index (χ2v) is 5.83. The smallest absolute Gasteiger partial charge is 0.266 e. The van der Waals surface area contributed by atoms with Gasteiger partial charge in [0.2, 0.25) is 0 Å². The minimum Gasteiger partial charge on any atom is -0.480 e. The molecule has 0 spiro atoms. The highest BCUT2D eigenvalue weighted by Crippen LogP contribution is 2.28. The summed E-state index contributed by atoms with van der Waals surface area (Å²) in [5.41, 5.74) is 1.02. The average molecular weight is 370 g/mol. The summed E-state index contributed by atoms with van der Waals surface area (Å²) in [5.74, 6) is 0.792. The van der Waals surface area contributed by atoms with Crippen LogP contribution < -0.4 is 10.1 Å². The van der Waals surface area contributed by atoms with Crippen molar-refractivity contribution in [2.45, 2.75) is 20.0 Å². The molecule has 1 heterocycles. The molecule has 1 amide bonds. The van der Waals surface area contributed by atoms with Gasteiger partial charge < -0.3 is 10.1 Å². The van der Waals surface area contributed by atoms with Crippen LogP contribution in [0.3, 0.4) is 0 Å². The first-order valence-electron chi connectivity index (χ1n) is 6.31. The van der Waals surface area contributed by atoms with E-state index in [1.165, 1.54) is 0 Å². The van der Waals surface area contributed by atoms with Crippen LogP contribution in [0.4, 0.5) is 5.82 Å². The van der Waals surface area contributed by atoms with Crippen molar-refractivity contribution in [2.24, 2.45) is 0 Å². The highest BCUT2D eigenvalue weighted by molar-refractivity contribution is 9.10. The molecule has 2 aromatic rings. The molecule has 0 fully saturated rings. The molecule has 1 aromatic heterocycles. The Hall–Kier alpha value is -1.59. The Morgan fingerprint density at radius 2 is 2.14 bits per heavy atom. The van der Waals surface area contributed by atoms with Crippen LogP contribution in [0.1, 0.15) is 12.5 Å². The summed E-state index contributed by atoms with van der Waals surface area (Å²) < 4.78 is 6.32. The maximum absolute atomic E-state index is 12.1. The molecule has 0 bridgehead atoms. The van der Waals surface area contributed by atoms with Gasteiger partial charge in [0.1, 0.15) is 11.6 Å². The van der Waals surface area contributed by atoms with Gasteiger partial charge in [0, 0.05) is 11.2 Å². The van der Waals surface area contributed by atoms with E-state index in [2.05, 4.69) is 26.2 Å². The quantitative estimate of drug-likeness (QED) is 0.878. The number of hydrogen-bond donors (Lipinski definition) is 1. The van der Waals surface area contributed by atoms with Crippen molar-refractivity contribution in [3.63, 3.8) is 0 Å². The molecule has 2 rings (SSSR count). The molecule has 0 radical (unpaired) electrons. The maximum atomic E-state index is 12.1. The Morgan fingerprint density at radius 1 is 1.38 bits per heavy atom. The molecule has 0 aliphatic carbocycles. The van der Waals surface area contributed by atoms with Crippen molar-refractivity contribution >= 4 is 39.3 Å². The van der Waals surface area contributed by atoms with E-state index in [0.717, 1.165) is 5.56 Å². The van der Waals surface area contributed by atoms with Crippen LogP contribution in [0.15, 0.2) is 41.0 Å². The summed E-state index contributed by atoms with van der Waals surface area (Å²) in [6.45, 7) is 3.61. The van der Waals surface area contributed by atoms with Gasteiger partial charge in [-0.1, -0.05) is 11.6 Å². The summed E-state index contributed by atoms with van der Waals surface area (Å²) in [6, 6.07) is 8.78. The molecular formula is C15H14BrClN2O2. The van der Waals surface area contributed by atoms with Crippen molar-refractivity contribution in [1.82, 2.24) is 4.98 Å². The highest BCUT2D eigenvalue weighted by atomic mass is 79.9. The number of aromatic nitrogens is 1. The Morgan fingerprint density at radius 3 is 2.81 bits per heavy atom. The number of hydrogen-bond acceptors (Lipinski definition) is 3. The Balaban J connectivity index is 2.02. The second kappa shape index (κ2) is 6.91. The van der Waals surface area contributed by atoms with Crippen LogP contribution in [0, 0.1) is 6.92 Å². The van der Waals surface area contributed by atoms with Gasteiger partial charge in [-0.15, -0.1) is 0 Å². The lowest BCUT2D eigenvalue weighted by atomic mass is 10.3. The van der Waals surface area contributed by atoms with Crippen molar-refractivity contribution in [2.75, 3.05) is 5.32 Å². The molecule has 1 aromatic carbocycles. The molecule has 0 aliphatic rings. The van der Waals surface area contributed by atoms with E-state index in [0.29, 0.717) is 21.1 Å². The van der Waals surface area contributed by atoms with Gasteiger partial charge in [-0.05, 0) is 65.7 Å². The number of ether oxygens (including phenoxy) is 1. The topological polar surface area (TPSA) is 51.2 Å². The largest absolute Gasteiger partial charge is 0.480 e. The zero-order valence-electron chi connectivity index (χ0n) is 11.6. The van der Waals surface area contributed by atoms with Crippen molar-refractivity contribution in [3.05, 3.63) is 51.6 Å². The van der Waals surface area contributed by atoms with Gasteiger partial charge >= 0.3 is 0 Å². The number of carbonyl (C=O) groups is 1. The van der Waals surface area contributed by atoms with Crippen LogP contribution in [-0.4, -0.2) is 17.0 Å². The summed E-state index contributed by atoms with van der Waals surface area (Å²) in [4.78, 5) is 16.2. The number of nitrogens with zero attached hydrogens (tertiary/aromatic N) is 1. The van der Waals surface area contributed by atoms with E-state index in [1.54, 1.807) is 37.4 Å². The number of halogens is 2. The number of amides is 1. The number of carbonyl (C=O) groups excluding carboxylic acids is 1. The highest BCUT2D eigenvalue weighted by Gasteiger charge is 2.16. The Bertz CT molecular complexity index is 664. The fourth-order valence-corrected chi connectivity index (χ4v) is 2.42. The SMILES string of the molecule is Cc1ccnc(NC(=O)C(C)Oc2ccc(Cl)cc2Br)c1. The fourth-order valence-electron chi connectivity index (χ4n) is 1.65. The molecule has 0 saturated heterocycles. The monoisotopic (exact) mass is 368 g/mol. The third-order valence-corrected chi connectivity index (χ3v) is 3.59. The van der Waals surface area contributed by atoms with Crippen LogP contribution in [0.2, 0.25) is 5.02 Å². The van der Waals surface area contributed by atoms with E-state index in [4.69, 9.17) is 16.3 Å². The van der Waals surface area contributed by atoms with E-state index in [-0.39, 0.29) is 5.91 Å². The first-order chi connectivity index (χ1) is 9.95. The predicted octanol–water partition coefficient (Wildman–Crippen LogP) is 4.21. The van der Waals surface area contributed by atoms with Gasteiger partial charge in [0.15, 0.2) is 6.10 Å². The molecule has 1 atom stereocenters. The minimum atomic E-state index is -0.662. The number of nitrogens with one attached hydrogen (secondary N) is 1. The van der Waals surface area contributed by atoms with E-state index in [1.807, 2.05) is 13.0 Å². The molecule has 0 saturated carbocycles. The molecule has 6 heteroatoms. The summed E-state index contributed by atoms with van der Waals surface area (Å²) in [7, 11) is 0. The molecule has 0 aliphatic heterocycles. The van der Waals surface area contributed by atoms with Crippen LogP contribution >= 0.6 is 27.5 Å². The summed E-state index contributed by atoms with van der Waals surface area (Å²) in [6.07, 6.45) is 0.983. The third-order valence-electron chi connectivity index (χ3n) is 2.73. The standard InChI is InChI=1S/C15H14BrClN2O2/c1-9-5-6-18-14(7-9)19-15(20)10(2)21-13-4-3-11(17)8-12(13)16/h3-8,10H,1-2H3,(H,18,19,20). The Kier molecular flexibility index (Phi) is 5.20. The van der Waals surface area contributed by atoms with Gasteiger partial charge in [-0.2, -0.15) is 0 Å². The minimum absolute atomic E-state index is 0.269. The maximum Gasteiger partial charge on any atom is 0.266 e. The lowest BCUT2D eigenvalue weighted by molar-refractivity contribution is -0.122. The number of anilines is 1. The van der Waals surface area contributed by atoms with Gasteiger partial charge in [-0.3, -0.25) is 4.79 Å². The van der Waals surface area contributed by atoms with E-state index < -0.39 is 6.10 Å². The lowest BCUT2D eigenvalue weighted by Gasteiger charge is -2.15. The summed E-state index contributed by atoms with van der Waals surface area (Å²) in [5, 5.41) is 3.31. The molecule has 1 unspecified atom stereocenters. The Labute approximate surface area is 136 Å². The third kappa shape index (κ3) is 4.44. The molecule has 4 nitrogen and oxygen atoms in total. The molecular weight excluding hydrogens is 356 g/mol. The van der Waals surface area contributed by atoms with Crippen LogP contribution in [0.25, 0.3) is 0 Å². The first-order valence-corrected chi connectivity index (χ1v) is 7.48. The average Bonchev–Trinajstić information content (AvgIpc) is 2.41. The summed E-state index contributed by atoms with van der Waals surface area (Å²) >= 11 is 9.21. The van der Waals surface area contributed by atoms with Crippen LogP contribution in [0.5, 0.6) is 5.75 Å². The zero-order valence-corrected chi connectivity index (χ0v) is 13.9. The number of pyridine rings is 1. The number of rotatable bonds is 4. The van der Waals surface area contributed by atoms with Gasteiger partial charge in [0.05, 0.1) is 4.47 Å². The second-order valence-electron chi connectivity index (χ2n) is 4.54. The molecule has 21 heavy (non-hydrogen) atoms. The van der Waals surface area contributed by atoms with Gasteiger partial charge in [-0.25, -0.2) is 4.98 Å². The normalized spacial score (nSPS) is 11.8. The van der Waals surface area contributed by atoms with Crippen molar-refractivity contribution < 1.29 is 9.53 Å². The van der Waals surface area contributed by atoms with E-state index >= 15 is 0 Å². The first kappa shape index (κ1) is 15.8. The zero-order chi connectivity index (χ0) is 15.4. The fraction of sp³-hybridized carbons (Fsp3) is 0.200. The van der Waals surface area contributed by atoms with Crippen LogP contribution in [-0.2, 0) is 4.79 Å². The molecule has 110 valence electrons. The number of benzene rings is 1. The number of aryl methyl sites for hydroxylation is 1. The predicted molar refractivity (Wildman–Crippen MR) is 86.8 cm³/mol. The van der Waals surface area contributed by atoms with Crippen molar-refractivity contribution in [1.29, 1.82) is 0 Å².